The zero-order valence-electron chi connectivity index (χ0n) is 9.99. The van der Waals surface area contributed by atoms with Gasteiger partial charge in [0.05, 0.1) is 12.7 Å². The Morgan fingerprint density at radius 3 is 2.67 bits per heavy atom. The molecule has 1 aliphatic heterocycles. The van der Waals surface area contributed by atoms with Crippen molar-refractivity contribution in [1.82, 2.24) is 10.2 Å². The third-order valence-electron chi connectivity index (χ3n) is 4.28. The second-order valence-corrected chi connectivity index (χ2v) is 5.09. The molecule has 1 aliphatic carbocycles. The van der Waals surface area contributed by atoms with Crippen molar-refractivity contribution < 1.29 is 4.79 Å². The average molecular weight is 210 g/mol. The first kappa shape index (κ1) is 10.9. The maximum atomic E-state index is 11.8. The third-order valence-corrected chi connectivity index (χ3v) is 4.28. The zero-order valence-corrected chi connectivity index (χ0v) is 9.99. The summed E-state index contributed by atoms with van der Waals surface area (Å²) in [7, 11) is 0. The molecule has 86 valence electrons. The number of nitrogens with one attached hydrogen (secondary N) is 1. The van der Waals surface area contributed by atoms with Crippen molar-refractivity contribution in [2.24, 2.45) is 11.8 Å². The highest BCUT2D eigenvalue weighted by Crippen LogP contribution is 2.36. The molecule has 0 aromatic heterocycles. The van der Waals surface area contributed by atoms with Crippen LogP contribution in [0.3, 0.4) is 0 Å². The second-order valence-electron chi connectivity index (χ2n) is 5.09. The highest BCUT2D eigenvalue weighted by atomic mass is 16.2. The summed E-state index contributed by atoms with van der Waals surface area (Å²) < 4.78 is 0. The number of hydrogen-bond acceptors (Lipinski definition) is 2. The molecule has 1 N–H and O–H groups in total. The minimum atomic E-state index is 0.287. The molecule has 2 fully saturated rings. The van der Waals surface area contributed by atoms with Gasteiger partial charge < -0.3 is 4.90 Å². The van der Waals surface area contributed by atoms with E-state index in [4.69, 9.17) is 0 Å². The fourth-order valence-electron chi connectivity index (χ4n) is 3.06. The van der Waals surface area contributed by atoms with Crippen molar-refractivity contribution in [3.8, 4) is 0 Å². The minimum Gasteiger partial charge on any atom is -0.323 e. The van der Waals surface area contributed by atoms with Crippen molar-refractivity contribution in [2.75, 3.05) is 6.54 Å². The lowest BCUT2D eigenvalue weighted by Gasteiger charge is -2.33. The van der Waals surface area contributed by atoms with E-state index in [0.717, 1.165) is 12.3 Å². The molecule has 3 heteroatoms. The van der Waals surface area contributed by atoms with E-state index in [0.29, 0.717) is 24.4 Å². The normalized spacial score (nSPS) is 41.5. The second kappa shape index (κ2) is 4.12. The first-order valence-corrected chi connectivity index (χ1v) is 6.19. The van der Waals surface area contributed by atoms with E-state index in [1.807, 2.05) is 0 Å². The molecular formula is C12H22N2O. The number of nitrogens with zero attached hydrogens (tertiary/aromatic N) is 1. The van der Waals surface area contributed by atoms with E-state index >= 15 is 0 Å². The van der Waals surface area contributed by atoms with Crippen LogP contribution in [0.5, 0.6) is 0 Å². The van der Waals surface area contributed by atoms with Gasteiger partial charge in [0, 0.05) is 6.04 Å². The summed E-state index contributed by atoms with van der Waals surface area (Å²) in [4.78, 5) is 14.0. The van der Waals surface area contributed by atoms with Gasteiger partial charge in [-0.1, -0.05) is 20.8 Å². The Morgan fingerprint density at radius 1 is 1.40 bits per heavy atom. The number of carbonyl (C=O) groups excluding carboxylic acids is 1. The molecule has 1 heterocycles. The van der Waals surface area contributed by atoms with E-state index in [2.05, 4.69) is 31.0 Å². The van der Waals surface area contributed by atoms with Gasteiger partial charge in [0.1, 0.15) is 0 Å². The van der Waals surface area contributed by atoms with E-state index in [1.165, 1.54) is 12.8 Å². The first-order valence-electron chi connectivity index (χ1n) is 6.19. The van der Waals surface area contributed by atoms with E-state index in [9.17, 15) is 4.79 Å². The Labute approximate surface area is 92.2 Å². The highest BCUT2D eigenvalue weighted by molar-refractivity contribution is 5.81. The van der Waals surface area contributed by atoms with Crippen molar-refractivity contribution in [3.63, 3.8) is 0 Å². The predicted octanol–water partition coefficient (Wildman–Crippen LogP) is 1.59. The molecule has 1 amide bonds. The van der Waals surface area contributed by atoms with Gasteiger partial charge in [-0.15, -0.1) is 0 Å². The Morgan fingerprint density at radius 2 is 2.13 bits per heavy atom. The van der Waals surface area contributed by atoms with Gasteiger partial charge in [-0.3, -0.25) is 10.1 Å². The van der Waals surface area contributed by atoms with Gasteiger partial charge in [-0.2, -0.15) is 0 Å². The van der Waals surface area contributed by atoms with E-state index < -0.39 is 0 Å². The van der Waals surface area contributed by atoms with Crippen LogP contribution in [0, 0.1) is 11.8 Å². The summed E-state index contributed by atoms with van der Waals surface area (Å²) in [6.45, 7) is 7.28. The fourth-order valence-corrected chi connectivity index (χ4v) is 3.06. The molecule has 4 atom stereocenters. The molecule has 1 saturated heterocycles. The molecule has 1 saturated carbocycles. The largest absolute Gasteiger partial charge is 0.323 e. The third kappa shape index (κ3) is 1.78. The quantitative estimate of drug-likeness (QED) is 0.750. The summed E-state index contributed by atoms with van der Waals surface area (Å²) in [5.41, 5.74) is 0. The Balaban J connectivity index is 2.11. The molecule has 2 aliphatic rings. The maximum absolute atomic E-state index is 11.8. The van der Waals surface area contributed by atoms with Gasteiger partial charge in [-0.25, -0.2) is 0 Å². The lowest BCUT2D eigenvalue weighted by molar-refractivity contribution is -0.131. The molecule has 0 spiro atoms. The summed E-state index contributed by atoms with van der Waals surface area (Å²) in [5.74, 6) is 1.72. The molecule has 0 aromatic carbocycles. The van der Waals surface area contributed by atoms with Gasteiger partial charge >= 0.3 is 0 Å². The van der Waals surface area contributed by atoms with Gasteiger partial charge in [0.15, 0.2) is 0 Å². The molecule has 15 heavy (non-hydrogen) atoms. The minimum absolute atomic E-state index is 0.287. The average Bonchev–Trinajstić information content (AvgIpc) is 2.73. The van der Waals surface area contributed by atoms with Gasteiger partial charge in [0.2, 0.25) is 5.91 Å². The van der Waals surface area contributed by atoms with Crippen LogP contribution in [-0.4, -0.2) is 29.6 Å². The van der Waals surface area contributed by atoms with Gasteiger partial charge in [-0.05, 0) is 31.1 Å². The lowest BCUT2D eigenvalue weighted by Crippen LogP contribution is -2.46. The predicted molar refractivity (Wildman–Crippen MR) is 60.3 cm³/mol. The molecule has 4 unspecified atom stereocenters. The number of rotatable bonds is 2. The Hall–Kier alpha value is -0.570. The standard InChI is InChI=1S/C12H22N2O/c1-4-11-13-7-12(15)14(11)10-6-5-8(2)9(10)3/h8-11,13H,4-7H2,1-3H3. The lowest BCUT2D eigenvalue weighted by atomic mass is 9.96. The first-order chi connectivity index (χ1) is 7.15. The van der Waals surface area contributed by atoms with Crippen LogP contribution >= 0.6 is 0 Å². The Kier molecular flexibility index (Phi) is 3.01. The summed E-state index contributed by atoms with van der Waals surface area (Å²) in [6, 6.07) is 0.479. The fraction of sp³-hybridized carbons (Fsp3) is 0.917. The van der Waals surface area contributed by atoms with Crippen molar-refractivity contribution in [2.45, 2.75) is 52.2 Å². The summed E-state index contributed by atoms with van der Waals surface area (Å²) in [5, 5.41) is 3.29. The SMILES string of the molecule is CCC1NCC(=O)N1C1CCC(C)C1C. The van der Waals surface area contributed by atoms with Crippen LogP contribution in [0.25, 0.3) is 0 Å². The molecule has 0 bridgehead atoms. The highest BCUT2D eigenvalue weighted by Gasteiger charge is 2.41. The maximum Gasteiger partial charge on any atom is 0.238 e. The molecular weight excluding hydrogens is 188 g/mol. The Bertz CT molecular complexity index is 254. The van der Waals surface area contributed by atoms with Crippen LogP contribution < -0.4 is 5.32 Å². The zero-order chi connectivity index (χ0) is 11.0. The molecule has 0 aromatic rings. The van der Waals surface area contributed by atoms with Crippen molar-refractivity contribution >= 4 is 5.91 Å². The monoisotopic (exact) mass is 210 g/mol. The molecule has 0 radical (unpaired) electrons. The van der Waals surface area contributed by atoms with Crippen LogP contribution in [0.2, 0.25) is 0 Å². The summed E-state index contributed by atoms with van der Waals surface area (Å²) >= 11 is 0. The van der Waals surface area contributed by atoms with Crippen molar-refractivity contribution in [3.05, 3.63) is 0 Å². The molecule has 2 rings (SSSR count). The summed E-state index contributed by atoms with van der Waals surface area (Å²) in [6.07, 6.45) is 3.76. The number of amides is 1. The van der Waals surface area contributed by atoms with E-state index in [-0.39, 0.29) is 6.17 Å². The number of hydrogen-bond donors (Lipinski definition) is 1. The molecule has 3 nitrogen and oxygen atoms in total. The van der Waals surface area contributed by atoms with Gasteiger partial charge in [0.25, 0.3) is 0 Å². The van der Waals surface area contributed by atoms with E-state index in [1.54, 1.807) is 0 Å². The van der Waals surface area contributed by atoms with Crippen molar-refractivity contribution in [1.29, 1.82) is 0 Å². The van der Waals surface area contributed by atoms with Crippen LogP contribution in [0.15, 0.2) is 0 Å². The number of carbonyl (C=O) groups is 1. The van der Waals surface area contributed by atoms with Crippen LogP contribution in [0.4, 0.5) is 0 Å². The topological polar surface area (TPSA) is 32.3 Å². The van der Waals surface area contributed by atoms with Crippen LogP contribution in [-0.2, 0) is 4.79 Å². The van der Waals surface area contributed by atoms with Crippen LogP contribution in [0.1, 0.15) is 40.0 Å². The smallest absolute Gasteiger partial charge is 0.238 e.